The Morgan fingerprint density at radius 1 is 1.33 bits per heavy atom. The van der Waals surface area contributed by atoms with E-state index in [-0.39, 0.29) is 5.54 Å². The summed E-state index contributed by atoms with van der Waals surface area (Å²) in [6.45, 7) is 12.8. The zero-order valence-electron chi connectivity index (χ0n) is 14.0. The molecule has 1 saturated heterocycles. The molecule has 1 aromatic rings. The molecule has 118 valence electrons. The molecule has 1 atom stereocenters. The fourth-order valence-corrected chi connectivity index (χ4v) is 2.72. The molecule has 0 amide bonds. The van der Waals surface area contributed by atoms with Crippen molar-refractivity contribution in [1.82, 2.24) is 10.2 Å². The van der Waals surface area contributed by atoms with Crippen molar-refractivity contribution in [3.63, 3.8) is 0 Å². The maximum atomic E-state index is 5.92. The number of ether oxygens (including phenoxy) is 1. The lowest BCUT2D eigenvalue weighted by atomic mass is 10.1. The van der Waals surface area contributed by atoms with Crippen molar-refractivity contribution in [2.24, 2.45) is 0 Å². The van der Waals surface area contributed by atoms with Crippen molar-refractivity contribution in [2.45, 2.75) is 58.7 Å². The summed E-state index contributed by atoms with van der Waals surface area (Å²) in [5.41, 5.74) is 1.42. The third kappa shape index (κ3) is 5.68. The molecule has 0 bridgehead atoms. The van der Waals surface area contributed by atoms with Crippen LogP contribution in [0.2, 0.25) is 0 Å². The first kappa shape index (κ1) is 16.3. The molecule has 1 N–H and O–H groups in total. The summed E-state index contributed by atoms with van der Waals surface area (Å²) < 4.78 is 5.92. The summed E-state index contributed by atoms with van der Waals surface area (Å²) >= 11 is 0. The van der Waals surface area contributed by atoms with E-state index in [0.717, 1.165) is 31.5 Å². The molecule has 0 aromatic heterocycles. The number of hydrogen-bond acceptors (Lipinski definition) is 3. The van der Waals surface area contributed by atoms with Gasteiger partial charge in [-0.2, -0.15) is 0 Å². The Hall–Kier alpha value is -1.06. The van der Waals surface area contributed by atoms with E-state index in [9.17, 15) is 0 Å². The highest BCUT2D eigenvalue weighted by molar-refractivity contribution is 5.28. The van der Waals surface area contributed by atoms with Gasteiger partial charge < -0.3 is 10.1 Å². The molecule has 0 spiro atoms. The second-order valence-corrected chi connectivity index (χ2v) is 7.13. The maximum absolute atomic E-state index is 5.92. The minimum Gasteiger partial charge on any atom is -0.492 e. The number of hydrogen-bond donors (Lipinski definition) is 1. The lowest BCUT2D eigenvalue weighted by Crippen LogP contribution is -2.35. The summed E-state index contributed by atoms with van der Waals surface area (Å²) in [6, 6.07) is 9.14. The van der Waals surface area contributed by atoms with E-state index in [1.54, 1.807) is 0 Å². The first-order chi connectivity index (χ1) is 9.94. The zero-order chi connectivity index (χ0) is 15.3. The third-order valence-electron chi connectivity index (χ3n) is 4.06. The lowest BCUT2D eigenvalue weighted by molar-refractivity contribution is 0.204. The van der Waals surface area contributed by atoms with Crippen molar-refractivity contribution >= 4 is 0 Å². The molecule has 3 heteroatoms. The minimum absolute atomic E-state index is 0.142. The van der Waals surface area contributed by atoms with Crippen molar-refractivity contribution in [3.8, 4) is 5.75 Å². The molecule has 1 fully saturated rings. The lowest BCUT2D eigenvalue weighted by Gasteiger charge is -2.21. The summed E-state index contributed by atoms with van der Waals surface area (Å²) in [6.07, 6.45) is 2.66. The highest BCUT2D eigenvalue weighted by Gasteiger charge is 2.19. The standard InChI is InChI=1S/C18H30N2O/c1-15-7-6-10-20(15)11-12-21-17-9-5-8-16(13-17)14-19-18(2,3)4/h5,8-9,13,15,19H,6-7,10-12,14H2,1-4H3. The Labute approximate surface area is 129 Å². The van der Waals surface area contributed by atoms with Gasteiger partial charge in [0, 0.05) is 24.7 Å². The normalized spacial score (nSPS) is 19.9. The molecular weight excluding hydrogens is 260 g/mol. The quantitative estimate of drug-likeness (QED) is 0.868. The summed E-state index contributed by atoms with van der Waals surface area (Å²) in [5.74, 6) is 0.982. The molecule has 21 heavy (non-hydrogen) atoms. The van der Waals surface area contributed by atoms with E-state index in [0.29, 0.717) is 0 Å². The highest BCUT2D eigenvalue weighted by atomic mass is 16.5. The molecule has 1 aromatic carbocycles. The number of nitrogens with zero attached hydrogens (tertiary/aromatic N) is 1. The molecule has 0 saturated carbocycles. The number of rotatable bonds is 6. The molecule has 2 rings (SSSR count). The summed E-state index contributed by atoms with van der Waals surface area (Å²) in [5, 5.41) is 3.51. The van der Waals surface area contributed by atoms with Gasteiger partial charge in [-0.25, -0.2) is 0 Å². The largest absolute Gasteiger partial charge is 0.492 e. The van der Waals surface area contributed by atoms with Gasteiger partial charge in [-0.1, -0.05) is 12.1 Å². The van der Waals surface area contributed by atoms with Gasteiger partial charge in [0.25, 0.3) is 0 Å². The second kappa shape index (κ2) is 7.28. The van der Waals surface area contributed by atoms with Crippen LogP contribution in [0.3, 0.4) is 0 Å². The van der Waals surface area contributed by atoms with Crippen LogP contribution in [0.5, 0.6) is 5.75 Å². The van der Waals surface area contributed by atoms with E-state index >= 15 is 0 Å². The molecule has 1 aliphatic rings. The molecular formula is C18H30N2O. The Balaban J connectivity index is 1.78. The van der Waals surface area contributed by atoms with Gasteiger partial charge in [0.2, 0.25) is 0 Å². The predicted octanol–water partition coefficient (Wildman–Crippen LogP) is 3.44. The Morgan fingerprint density at radius 2 is 2.14 bits per heavy atom. The molecule has 1 aliphatic heterocycles. The fraction of sp³-hybridized carbons (Fsp3) is 0.667. The first-order valence-corrected chi connectivity index (χ1v) is 8.15. The van der Waals surface area contributed by atoms with Crippen molar-refractivity contribution < 1.29 is 4.74 Å². The Morgan fingerprint density at radius 3 is 2.81 bits per heavy atom. The summed E-state index contributed by atoms with van der Waals surface area (Å²) in [4.78, 5) is 2.52. The van der Waals surface area contributed by atoms with Gasteiger partial charge in [0.05, 0.1) is 0 Å². The van der Waals surface area contributed by atoms with Crippen LogP contribution in [-0.2, 0) is 6.54 Å². The maximum Gasteiger partial charge on any atom is 0.119 e. The third-order valence-corrected chi connectivity index (χ3v) is 4.06. The molecule has 0 aliphatic carbocycles. The average molecular weight is 290 g/mol. The van der Waals surface area contributed by atoms with Crippen LogP contribution in [0.1, 0.15) is 46.1 Å². The van der Waals surface area contributed by atoms with E-state index in [1.165, 1.54) is 24.9 Å². The van der Waals surface area contributed by atoms with E-state index in [2.05, 4.69) is 56.1 Å². The summed E-state index contributed by atoms with van der Waals surface area (Å²) in [7, 11) is 0. The fourth-order valence-electron chi connectivity index (χ4n) is 2.72. The zero-order valence-corrected chi connectivity index (χ0v) is 14.0. The topological polar surface area (TPSA) is 24.5 Å². The molecule has 3 nitrogen and oxygen atoms in total. The van der Waals surface area contributed by atoms with Crippen molar-refractivity contribution in [2.75, 3.05) is 19.7 Å². The highest BCUT2D eigenvalue weighted by Crippen LogP contribution is 2.17. The average Bonchev–Trinajstić information content (AvgIpc) is 2.82. The number of likely N-dealkylation sites (tertiary alicyclic amines) is 1. The first-order valence-electron chi connectivity index (χ1n) is 8.15. The van der Waals surface area contributed by atoms with Gasteiger partial charge in [0.15, 0.2) is 0 Å². The van der Waals surface area contributed by atoms with Crippen LogP contribution >= 0.6 is 0 Å². The Kier molecular flexibility index (Phi) is 5.65. The smallest absolute Gasteiger partial charge is 0.119 e. The van der Waals surface area contributed by atoms with Crippen LogP contribution in [0, 0.1) is 0 Å². The van der Waals surface area contributed by atoms with Gasteiger partial charge in [-0.05, 0) is 64.8 Å². The van der Waals surface area contributed by atoms with E-state index in [1.807, 2.05) is 6.07 Å². The van der Waals surface area contributed by atoms with Crippen LogP contribution in [0.15, 0.2) is 24.3 Å². The number of benzene rings is 1. The van der Waals surface area contributed by atoms with Crippen LogP contribution in [-0.4, -0.2) is 36.2 Å². The Bertz CT molecular complexity index is 439. The molecule has 0 radical (unpaired) electrons. The second-order valence-electron chi connectivity index (χ2n) is 7.13. The van der Waals surface area contributed by atoms with Crippen molar-refractivity contribution in [3.05, 3.63) is 29.8 Å². The van der Waals surface area contributed by atoms with E-state index in [4.69, 9.17) is 4.74 Å². The monoisotopic (exact) mass is 290 g/mol. The molecule has 1 unspecified atom stereocenters. The van der Waals surface area contributed by atoms with Gasteiger partial charge in [-0.3, -0.25) is 4.90 Å². The van der Waals surface area contributed by atoms with Crippen LogP contribution < -0.4 is 10.1 Å². The van der Waals surface area contributed by atoms with Gasteiger partial charge >= 0.3 is 0 Å². The van der Waals surface area contributed by atoms with Crippen molar-refractivity contribution in [1.29, 1.82) is 0 Å². The number of nitrogens with one attached hydrogen (secondary N) is 1. The predicted molar refractivity (Wildman–Crippen MR) is 88.8 cm³/mol. The van der Waals surface area contributed by atoms with Gasteiger partial charge in [0.1, 0.15) is 12.4 Å². The van der Waals surface area contributed by atoms with Crippen LogP contribution in [0.25, 0.3) is 0 Å². The molecule has 1 heterocycles. The van der Waals surface area contributed by atoms with Gasteiger partial charge in [-0.15, -0.1) is 0 Å². The minimum atomic E-state index is 0.142. The SMILES string of the molecule is CC1CCCN1CCOc1cccc(CNC(C)(C)C)c1. The van der Waals surface area contributed by atoms with Crippen LogP contribution in [0.4, 0.5) is 0 Å². The van der Waals surface area contributed by atoms with E-state index < -0.39 is 0 Å².